The summed E-state index contributed by atoms with van der Waals surface area (Å²) < 4.78 is 0. The van der Waals surface area contributed by atoms with E-state index in [4.69, 9.17) is 45.8 Å². The maximum atomic E-state index is 8.63. The Labute approximate surface area is 125 Å². The van der Waals surface area contributed by atoms with Crippen molar-refractivity contribution in [1.82, 2.24) is 4.98 Å². The predicted octanol–water partition coefficient (Wildman–Crippen LogP) is 4.36. The lowest BCUT2D eigenvalue weighted by atomic mass is 10.1. The lowest BCUT2D eigenvalue weighted by Crippen LogP contribution is -1.96. The fourth-order valence-electron chi connectivity index (χ4n) is 1.65. The van der Waals surface area contributed by atoms with Gasteiger partial charge in [0.05, 0.1) is 38.9 Å². The van der Waals surface area contributed by atoms with Crippen molar-refractivity contribution in [3.8, 4) is 17.3 Å². The molecule has 2 rings (SSSR count). The van der Waals surface area contributed by atoms with Gasteiger partial charge in [0, 0.05) is 11.8 Å². The summed E-state index contributed by atoms with van der Waals surface area (Å²) in [6, 6.07) is 7.05. The van der Waals surface area contributed by atoms with Gasteiger partial charge in [-0.25, -0.2) is 0 Å². The van der Waals surface area contributed by atoms with Crippen molar-refractivity contribution >= 4 is 40.5 Å². The fourth-order valence-corrected chi connectivity index (χ4v) is 2.24. The predicted molar refractivity (Wildman–Crippen MR) is 78.4 cm³/mol. The summed E-state index contributed by atoms with van der Waals surface area (Å²) in [5.74, 6) is 0. The molecule has 0 aliphatic heterocycles. The highest BCUT2D eigenvalue weighted by molar-refractivity contribution is 6.48. The first-order valence-electron chi connectivity index (χ1n) is 5.29. The van der Waals surface area contributed by atoms with Crippen LogP contribution in [-0.2, 0) is 6.42 Å². The van der Waals surface area contributed by atoms with Gasteiger partial charge in [0.15, 0.2) is 0 Å². The lowest BCUT2D eigenvalue weighted by Gasteiger charge is -2.08. The van der Waals surface area contributed by atoms with E-state index in [1.165, 1.54) is 0 Å². The molecule has 6 heteroatoms. The highest BCUT2D eigenvalue weighted by Crippen LogP contribution is 2.36. The van der Waals surface area contributed by atoms with E-state index in [-0.39, 0.29) is 6.42 Å². The Morgan fingerprint density at radius 2 is 1.79 bits per heavy atom. The number of anilines is 1. The Bertz CT molecular complexity index is 654. The van der Waals surface area contributed by atoms with Gasteiger partial charge in [0.25, 0.3) is 0 Å². The van der Waals surface area contributed by atoms with Crippen LogP contribution in [0.2, 0.25) is 15.1 Å². The molecule has 0 bridgehead atoms. The third-order valence-corrected chi connectivity index (χ3v) is 3.71. The van der Waals surface area contributed by atoms with Crippen LogP contribution in [0.3, 0.4) is 0 Å². The second-order valence-electron chi connectivity index (χ2n) is 3.87. The zero-order valence-corrected chi connectivity index (χ0v) is 11.9. The number of nitriles is 1. The molecule has 3 nitrogen and oxygen atoms in total. The smallest absolute Gasteiger partial charge is 0.0932 e. The summed E-state index contributed by atoms with van der Waals surface area (Å²) >= 11 is 17.8. The molecule has 0 saturated heterocycles. The van der Waals surface area contributed by atoms with Crippen LogP contribution in [0, 0.1) is 11.3 Å². The van der Waals surface area contributed by atoms with Crippen molar-refractivity contribution in [3.63, 3.8) is 0 Å². The Balaban J connectivity index is 2.51. The van der Waals surface area contributed by atoms with Crippen LogP contribution in [0.1, 0.15) is 5.56 Å². The summed E-state index contributed by atoms with van der Waals surface area (Å²) in [4.78, 5) is 4.24. The number of nitrogen functional groups attached to an aromatic ring is 1. The molecule has 0 atom stereocenters. The van der Waals surface area contributed by atoms with Crippen LogP contribution in [0.25, 0.3) is 11.3 Å². The van der Waals surface area contributed by atoms with Crippen LogP contribution in [0.15, 0.2) is 24.4 Å². The van der Waals surface area contributed by atoms with E-state index >= 15 is 0 Å². The molecule has 0 amide bonds. The molecule has 1 aromatic carbocycles. The van der Waals surface area contributed by atoms with Crippen LogP contribution in [0.5, 0.6) is 0 Å². The highest BCUT2D eigenvalue weighted by atomic mass is 35.5. The van der Waals surface area contributed by atoms with Crippen molar-refractivity contribution in [2.75, 3.05) is 5.73 Å². The van der Waals surface area contributed by atoms with Crippen LogP contribution in [0.4, 0.5) is 5.69 Å². The van der Waals surface area contributed by atoms with Crippen molar-refractivity contribution in [2.24, 2.45) is 0 Å². The van der Waals surface area contributed by atoms with E-state index in [1.54, 1.807) is 24.4 Å². The number of nitrogens with two attached hydrogens (primary N) is 1. The molecular weight excluding hydrogens is 305 g/mol. The van der Waals surface area contributed by atoms with Crippen molar-refractivity contribution < 1.29 is 0 Å². The second kappa shape index (κ2) is 5.66. The van der Waals surface area contributed by atoms with Crippen LogP contribution < -0.4 is 5.73 Å². The quantitative estimate of drug-likeness (QED) is 0.838. The molecule has 19 heavy (non-hydrogen) atoms. The Hall–Kier alpha value is -1.47. The monoisotopic (exact) mass is 311 g/mol. The van der Waals surface area contributed by atoms with Crippen molar-refractivity contribution in [2.45, 2.75) is 6.42 Å². The number of hydrogen-bond acceptors (Lipinski definition) is 3. The largest absolute Gasteiger partial charge is 0.397 e. The summed E-state index contributed by atoms with van der Waals surface area (Å²) in [5, 5.41) is 9.61. The van der Waals surface area contributed by atoms with Gasteiger partial charge in [0.2, 0.25) is 0 Å². The topological polar surface area (TPSA) is 62.7 Å². The summed E-state index contributed by atoms with van der Waals surface area (Å²) in [7, 11) is 0. The van der Waals surface area contributed by atoms with Gasteiger partial charge in [-0.2, -0.15) is 5.26 Å². The molecule has 0 unspecified atom stereocenters. The molecule has 1 aromatic heterocycles. The van der Waals surface area contributed by atoms with Gasteiger partial charge in [-0.1, -0.05) is 34.8 Å². The molecule has 96 valence electrons. The first-order valence-corrected chi connectivity index (χ1v) is 6.42. The fraction of sp³-hybridized carbons (Fsp3) is 0.0769. The zero-order chi connectivity index (χ0) is 14.0. The Kier molecular flexibility index (Phi) is 4.16. The molecule has 0 aliphatic rings. The number of nitrogens with zero attached hydrogens (tertiary/aromatic N) is 2. The van der Waals surface area contributed by atoms with Gasteiger partial charge in [-0.05, 0) is 23.8 Å². The minimum atomic E-state index is 0.264. The van der Waals surface area contributed by atoms with Gasteiger partial charge < -0.3 is 5.73 Å². The number of benzene rings is 1. The average Bonchev–Trinajstić information content (AvgIpc) is 2.36. The van der Waals surface area contributed by atoms with E-state index < -0.39 is 0 Å². The first-order chi connectivity index (χ1) is 9.02. The standard InChI is InChI=1S/C13H8Cl3N3/c14-9-4-8(5-10(15)12(9)16)13-11(18)3-7(1-2-17)6-19-13/h3-6H,1,18H2. The third-order valence-electron chi connectivity index (χ3n) is 2.51. The molecule has 0 saturated carbocycles. The number of pyridine rings is 1. The summed E-state index contributed by atoms with van der Waals surface area (Å²) in [6.45, 7) is 0. The number of hydrogen-bond donors (Lipinski definition) is 1. The highest BCUT2D eigenvalue weighted by Gasteiger charge is 2.11. The SMILES string of the molecule is N#CCc1cnc(-c2cc(Cl)c(Cl)c(Cl)c2)c(N)c1. The average molecular weight is 313 g/mol. The normalized spacial score (nSPS) is 10.2. The number of aromatic nitrogens is 1. The Morgan fingerprint density at radius 1 is 1.16 bits per heavy atom. The van der Waals surface area contributed by atoms with E-state index in [1.807, 2.05) is 6.07 Å². The van der Waals surface area contributed by atoms with Gasteiger partial charge in [0.1, 0.15) is 0 Å². The summed E-state index contributed by atoms with van der Waals surface area (Å²) in [5.41, 5.74) is 8.39. The maximum Gasteiger partial charge on any atom is 0.0932 e. The number of rotatable bonds is 2. The van der Waals surface area contributed by atoms with E-state index in [9.17, 15) is 0 Å². The maximum absolute atomic E-state index is 8.63. The molecule has 2 aromatic rings. The second-order valence-corrected chi connectivity index (χ2v) is 5.06. The van der Waals surface area contributed by atoms with Gasteiger partial charge >= 0.3 is 0 Å². The molecule has 0 radical (unpaired) electrons. The van der Waals surface area contributed by atoms with E-state index in [0.29, 0.717) is 32.0 Å². The molecule has 0 fully saturated rings. The third kappa shape index (κ3) is 2.93. The van der Waals surface area contributed by atoms with E-state index in [0.717, 1.165) is 5.56 Å². The van der Waals surface area contributed by atoms with Crippen LogP contribution >= 0.6 is 34.8 Å². The Morgan fingerprint density at radius 3 is 2.32 bits per heavy atom. The van der Waals surface area contributed by atoms with Gasteiger partial charge in [-0.3, -0.25) is 4.98 Å². The van der Waals surface area contributed by atoms with Crippen LogP contribution in [-0.4, -0.2) is 4.98 Å². The van der Waals surface area contributed by atoms with Gasteiger partial charge in [-0.15, -0.1) is 0 Å². The minimum absolute atomic E-state index is 0.264. The molecule has 2 N–H and O–H groups in total. The minimum Gasteiger partial charge on any atom is -0.397 e. The first kappa shape index (κ1) is 14.0. The van der Waals surface area contributed by atoms with Crippen molar-refractivity contribution in [1.29, 1.82) is 5.26 Å². The number of halogens is 3. The van der Waals surface area contributed by atoms with E-state index in [2.05, 4.69) is 4.98 Å². The zero-order valence-electron chi connectivity index (χ0n) is 9.62. The van der Waals surface area contributed by atoms with Crippen molar-refractivity contribution in [3.05, 3.63) is 45.0 Å². The molecular formula is C13H8Cl3N3. The molecule has 0 aliphatic carbocycles. The molecule has 0 spiro atoms. The molecule has 1 heterocycles. The lowest BCUT2D eigenvalue weighted by molar-refractivity contribution is 1.20. The summed E-state index contributed by atoms with van der Waals surface area (Å²) in [6.07, 6.45) is 1.87.